The molecule has 0 spiro atoms. The minimum Gasteiger partial charge on any atom is -0.353 e. The lowest BCUT2D eigenvalue weighted by atomic mass is 9.99. The number of nitrogens with zero attached hydrogens (tertiary/aromatic N) is 4. The molecule has 6 aromatic rings. The molecule has 4 heterocycles. The third-order valence-electron chi connectivity index (χ3n) is 5.85. The maximum atomic E-state index is 14.4. The monoisotopic (exact) mass is 449 g/mol. The Bertz CT molecular complexity index is 1640. The van der Waals surface area contributed by atoms with Gasteiger partial charge in [-0.2, -0.15) is 5.10 Å². The molecule has 7 nitrogen and oxygen atoms in total. The Morgan fingerprint density at radius 2 is 1.88 bits per heavy atom. The standard InChI is InChI=1S/C26H20FN7/c1-28-12-15-7-16(9-18(27)8-15)19-3-2-4-22-20(19)11-23(32-22)25-21-10-17(13-31-26(21)34-33-25)24-14-29-5-6-30-24/h2-11,13-14,28,32H,12H2,1H3,(H,31,33,34). The van der Waals surface area contributed by atoms with Crippen LogP contribution in [0.5, 0.6) is 0 Å². The summed E-state index contributed by atoms with van der Waals surface area (Å²) in [5.41, 5.74) is 7.55. The van der Waals surface area contributed by atoms with Gasteiger partial charge in [0.2, 0.25) is 0 Å². The lowest BCUT2D eigenvalue weighted by Gasteiger charge is -2.07. The Balaban J connectivity index is 1.48. The molecule has 0 unspecified atom stereocenters. The average molecular weight is 449 g/mol. The molecular formula is C26H20FN7. The lowest BCUT2D eigenvalue weighted by molar-refractivity contribution is 0.624. The van der Waals surface area contributed by atoms with Crippen LogP contribution in [0.15, 0.2) is 73.3 Å². The Kier molecular flexibility index (Phi) is 4.85. The van der Waals surface area contributed by atoms with Crippen LogP contribution in [0, 0.1) is 5.82 Å². The van der Waals surface area contributed by atoms with Crippen molar-refractivity contribution in [3.8, 4) is 33.8 Å². The van der Waals surface area contributed by atoms with E-state index in [0.717, 1.165) is 55.6 Å². The van der Waals surface area contributed by atoms with Crippen LogP contribution >= 0.6 is 0 Å². The van der Waals surface area contributed by atoms with E-state index in [1.807, 2.05) is 37.4 Å². The summed E-state index contributed by atoms with van der Waals surface area (Å²) in [6, 6.07) is 15.2. The molecule has 4 aromatic heterocycles. The van der Waals surface area contributed by atoms with E-state index < -0.39 is 0 Å². The van der Waals surface area contributed by atoms with Crippen LogP contribution < -0.4 is 5.32 Å². The predicted octanol–water partition coefficient (Wildman–Crippen LogP) is 5.09. The Labute approximate surface area is 194 Å². The van der Waals surface area contributed by atoms with Crippen molar-refractivity contribution < 1.29 is 4.39 Å². The topological polar surface area (TPSA) is 95.2 Å². The molecule has 0 saturated heterocycles. The Morgan fingerprint density at radius 1 is 0.941 bits per heavy atom. The second kappa shape index (κ2) is 8.17. The third kappa shape index (κ3) is 3.50. The van der Waals surface area contributed by atoms with Gasteiger partial charge in [-0.15, -0.1) is 0 Å². The van der Waals surface area contributed by atoms with Crippen LogP contribution in [0.3, 0.4) is 0 Å². The summed E-state index contributed by atoms with van der Waals surface area (Å²) >= 11 is 0. The summed E-state index contributed by atoms with van der Waals surface area (Å²) in [4.78, 5) is 16.5. The third-order valence-corrected chi connectivity index (χ3v) is 5.85. The first-order chi connectivity index (χ1) is 16.7. The molecule has 0 fully saturated rings. The van der Waals surface area contributed by atoms with Gasteiger partial charge in [-0.1, -0.05) is 12.1 Å². The van der Waals surface area contributed by atoms with Gasteiger partial charge in [0.05, 0.1) is 23.3 Å². The molecule has 0 amide bonds. The molecule has 6 rings (SSSR count). The van der Waals surface area contributed by atoms with Gasteiger partial charge in [-0.05, 0) is 60.1 Å². The van der Waals surface area contributed by atoms with Crippen LogP contribution in [0.25, 0.3) is 55.7 Å². The molecule has 0 aliphatic carbocycles. The zero-order chi connectivity index (χ0) is 23.1. The quantitative estimate of drug-likeness (QED) is 0.341. The summed E-state index contributed by atoms with van der Waals surface area (Å²) in [5, 5.41) is 12.4. The van der Waals surface area contributed by atoms with Gasteiger partial charge in [0.25, 0.3) is 0 Å². The molecule has 34 heavy (non-hydrogen) atoms. The highest BCUT2D eigenvalue weighted by Crippen LogP contribution is 2.35. The molecule has 0 aliphatic rings. The van der Waals surface area contributed by atoms with Crippen LogP contribution in [0.4, 0.5) is 4.39 Å². The number of aromatic amines is 2. The lowest BCUT2D eigenvalue weighted by Crippen LogP contribution is -2.05. The number of fused-ring (bicyclic) bond motifs is 2. The predicted molar refractivity (Wildman–Crippen MR) is 130 cm³/mol. The summed E-state index contributed by atoms with van der Waals surface area (Å²) in [6.45, 7) is 0.598. The molecule has 0 aliphatic heterocycles. The van der Waals surface area contributed by atoms with Crippen molar-refractivity contribution in [3.05, 3.63) is 84.7 Å². The largest absolute Gasteiger partial charge is 0.353 e. The number of benzene rings is 2. The molecule has 2 aromatic carbocycles. The first-order valence-corrected chi connectivity index (χ1v) is 10.9. The fourth-order valence-corrected chi connectivity index (χ4v) is 4.35. The number of nitrogens with one attached hydrogen (secondary N) is 3. The molecule has 3 N–H and O–H groups in total. The van der Waals surface area contributed by atoms with Gasteiger partial charge in [0.1, 0.15) is 5.82 Å². The minimum absolute atomic E-state index is 0.252. The van der Waals surface area contributed by atoms with E-state index in [-0.39, 0.29) is 5.82 Å². The first kappa shape index (κ1) is 20.2. The number of halogens is 1. The molecule has 0 atom stereocenters. The van der Waals surface area contributed by atoms with E-state index in [1.165, 1.54) is 0 Å². The summed E-state index contributed by atoms with van der Waals surface area (Å²) in [5.74, 6) is -0.252. The molecule has 8 heteroatoms. The van der Waals surface area contributed by atoms with Gasteiger partial charge in [-0.25, -0.2) is 9.37 Å². The van der Waals surface area contributed by atoms with Crippen LogP contribution in [-0.4, -0.2) is 37.2 Å². The molecule has 0 bridgehead atoms. The van der Waals surface area contributed by atoms with Crippen LogP contribution in [0.1, 0.15) is 5.56 Å². The zero-order valence-corrected chi connectivity index (χ0v) is 18.3. The number of aromatic nitrogens is 6. The van der Waals surface area contributed by atoms with E-state index in [9.17, 15) is 4.39 Å². The molecule has 0 radical (unpaired) electrons. The average Bonchev–Trinajstić information content (AvgIpc) is 3.48. The highest BCUT2D eigenvalue weighted by atomic mass is 19.1. The number of H-pyrrole nitrogens is 2. The van der Waals surface area contributed by atoms with Gasteiger partial charge < -0.3 is 10.3 Å². The van der Waals surface area contributed by atoms with Gasteiger partial charge in [-0.3, -0.25) is 15.1 Å². The van der Waals surface area contributed by atoms with Crippen molar-refractivity contribution in [1.29, 1.82) is 0 Å². The normalized spacial score (nSPS) is 11.5. The summed E-state index contributed by atoms with van der Waals surface area (Å²) in [7, 11) is 1.85. The molecule has 166 valence electrons. The Morgan fingerprint density at radius 3 is 2.74 bits per heavy atom. The smallest absolute Gasteiger partial charge is 0.181 e. The maximum absolute atomic E-state index is 14.4. The fourth-order valence-electron chi connectivity index (χ4n) is 4.35. The number of rotatable bonds is 5. The number of hydrogen-bond donors (Lipinski definition) is 3. The highest BCUT2D eigenvalue weighted by Gasteiger charge is 2.15. The Hall–Kier alpha value is -4.43. The van der Waals surface area contributed by atoms with Crippen LogP contribution in [-0.2, 0) is 6.54 Å². The summed E-state index contributed by atoms with van der Waals surface area (Å²) < 4.78 is 14.4. The molecule has 0 saturated carbocycles. The summed E-state index contributed by atoms with van der Waals surface area (Å²) in [6.07, 6.45) is 6.75. The van der Waals surface area contributed by atoms with Crippen molar-refractivity contribution in [2.75, 3.05) is 7.05 Å². The van der Waals surface area contributed by atoms with Crippen LogP contribution in [0.2, 0.25) is 0 Å². The maximum Gasteiger partial charge on any atom is 0.181 e. The van der Waals surface area contributed by atoms with Gasteiger partial charge in [0.15, 0.2) is 5.65 Å². The van der Waals surface area contributed by atoms with E-state index in [4.69, 9.17) is 0 Å². The van der Waals surface area contributed by atoms with Crippen molar-refractivity contribution in [1.82, 2.24) is 35.5 Å². The van der Waals surface area contributed by atoms with E-state index in [0.29, 0.717) is 12.2 Å². The highest BCUT2D eigenvalue weighted by molar-refractivity contribution is 6.01. The zero-order valence-electron chi connectivity index (χ0n) is 18.3. The fraction of sp³-hybridized carbons (Fsp3) is 0.0769. The number of pyridine rings is 1. The SMILES string of the molecule is CNCc1cc(F)cc(-c2cccc3[nH]c(-c4[nH]nc5ncc(-c6cnccn6)cc45)cc23)c1. The second-order valence-corrected chi connectivity index (χ2v) is 8.11. The van der Waals surface area contributed by atoms with E-state index >= 15 is 0 Å². The molecular weight excluding hydrogens is 429 g/mol. The van der Waals surface area contributed by atoms with Crippen molar-refractivity contribution in [2.45, 2.75) is 6.54 Å². The van der Waals surface area contributed by atoms with E-state index in [1.54, 1.807) is 36.9 Å². The van der Waals surface area contributed by atoms with Crippen molar-refractivity contribution in [2.24, 2.45) is 0 Å². The van der Waals surface area contributed by atoms with Gasteiger partial charge in [0, 0.05) is 47.0 Å². The van der Waals surface area contributed by atoms with Gasteiger partial charge >= 0.3 is 0 Å². The first-order valence-electron chi connectivity index (χ1n) is 10.9. The van der Waals surface area contributed by atoms with Crippen molar-refractivity contribution in [3.63, 3.8) is 0 Å². The van der Waals surface area contributed by atoms with Crippen molar-refractivity contribution >= 4 is 21.9 Å². The second-order valence-electron chi connectivity index (χ2n) is 8.11. The number of hydrogen-bond acceptors (Lipinski definition) is 5. The van der Waals surface area contributed by atoms with E-state index in [2.05, 4.69) is 41.5 Å². The minimum atomic E-state index is -0.252.